The first kappa shape index (κ1) is 24.4. The Morgan fingerprint density at radius 2 is 1.73 bits per heavy atom. The minimum atomic E-state index is -6.40. The van der Waals surface area contributed by atoms with Crippen molar-refractivity contribution in [2.45, 2.75) is 44.5 Å². The number of carbonyl (C=O) groups is 2. The highest BCUT2D eigenvalue weighted by Crippen LogP contribution is 2.56. The largest absolute Gasteiger partial charge is 0.436 e. The van der Waals surface area contributed by atoms with Crippen LogP contribution in [0.4, 0.5) is 41.2 Å². The topological polar surface area (TPSA) is 65.5 Å². The molecule has 0 spiro atoms. The number of fused-ring (bicyclic) bond motifs is 1. The number of anilines is 1. The summed E-state index contributed by atoms with van der Waals surface area (Å²) in [6.07, 6.45) is -10.3. The summed E-state index contributed by atoms with van der Waals surface area (Å²) in [5.41, 5.74) is -5.74. The molecular formula is C20H17F7N4O2. The van der Waals surface area contributed by atoms with Crippen molar-refractivity contribution in [3.05, 3.63) is 59.4 Å². The zero-order chi connectivity index (χ0) is 24.6. The average molecular weight is 478 g/mol. The van der Waals surface area contributed by atoms with E-state index in [0.717, 1.165) is 17.1 Å². The fraction of sp³-hybridized carbons (Fsp3) is 0.350. The maximum atomic E-state index is 14.9. The van der Waals surface area contributed by atoms with E-state index in [-0.39, 0.29) is 23.1 Å². The van der Waals surface area contributed by atoms with Gasteiger partial charge in [-0.25, -0.2) is 19.5 Å². The number of para-hydroxylation sites is 1. The van der Waals surface area contributed by atoms with Gasteiger partial charge in [-0.1, -0.05) is 31.2 Å². The van der Waals surface area contributed by atoms with Gasteiger partial charge >= 0.3 is 24.1 Å². The number of halogens is 7. The number of pyridine rings is 1. The number of alkyl halides is 7. The summed E-state index contributed by atoms with van der Waals surface area (Å²) in [4.78, 5) is 29.5. The van der Waals surface area contributed by atoms with Crippen molar-refractivity contribution in [1.82, 2.24) is 15.4 Å². The molecule has 3 amide bonds. The third kappa shape index (κ3) is 4.24. The molecule has 0 saturated carbocycles. The second kappa shape index (κ2) is 8.61. The molecule has 3 rings (SSSR count). The summed E-state index contributed by atoms with van der Waals surface area (Å²) in [6, 6.07) is 4.23. The van der Waals surface area contributed by atoms with E-state index >= 15 is 0 Å². The summed E-state index contributed by atoms with van der Waals surface area (Å²) >= 11 is 0. The molecular weight excluding hydrogens is 461 g/mol. The second-order valence-electron chi connectivity index (χ2n) is 7.11. The molecule has 2 heterocycles. The summed E-state index contributed by atoms with van der Waals surface area (Å²) < 4.78 is 95.5. The Balaban J connectivity index is 2.13. The number of rotatable bonds is 5. The van der Waals surface area contributed by atoms with Crippen LogP contribution in [0.5, 0.6) is 0 Å². The molecule has 2 aromatic rings. The Morgan fingerprint density at radius 3 is 2.27 bits per heavy atom. The quantitative estimate of drug-likeness (QED) is 0.630. The maximum Gasteiger partial charge on any atom is 0.436 e. The molecule has 1 N–H and O–H groups in total. The Kier molecular flexibility index (Phi) is 6.37. The minimum Gasteiger partial charge on any atom is -0.274 e. The van der Waals surface area contributed by atoms with Crippen LogP contribution in [0.1, 0.15) is 30.0 Å². The molecule has 0 radical (unpaired) electrons. The molecule has 0 aliphatic carbocycles. The molecule has 1 aliphatic rings. The van der Waals surface area contributed by atoms with E-state index in [1.807, 2.05) is 0 Å². The fourth-order valence-electron chi connectivity index (χ4n) is 3.38. The molecule has 13 heteroatoms. The number of nitrogens with one attached hydrogen (secondary N) is 1. The molecule has 33 heavy (non-hydrogen) atoms. The molecule has 178 valence electrons. The second-order valence-corrected chi connectivity index (χ2v) is 7.11. The third-order valence-corrected chi connectivity index (χ3v) is 4.99. The summed E-state index contributed by atoms with van der Waals surface area (Å²) in [5.74, 6) is -1.10. The number of benzene rings is 1. The van der Waals surface area contributed by atoms with Crippen molar-refractivity contribution >= 4 is 17.6 Å². The lowest BCUT2D eigenvalue weighted by molar-refractivity contribution is -0.348. The van der Waals surface area contributed by atoms with Gasteiger partial charge in [-0.05, 0) is 17.2 Å². The van der Waals surface area contributed by atoms with Crippen LogP contribution in [0.15, 0.2) is 42.7 Å². The minimum absolute atomic E-state index is 0.0148. The Hall–Kier alpha value is -3.22. The van der Waals surface area contributed by atoms with Crippen LogP contribution in [0.2, 0.25) is 0 Å². The number of hydrogen-bond acceptors (Lipinski definition) is 4. The predicted molar refractivity (Wildman–Crippen MR) is 101 cm³/mol. The van der Waals surface area contributed by atoms with Gasteiger partial charge in [-0.3, -0.25) is 14.8 Å². The van der Waals surface area contributed by atoms with Gasteiger partial charge in [-0.2, -0.15) is 26.3 Å². The molecule has 0 bridgehead atoms. The molecule has 6 nitrogen and oxygen atoms in total. The first-order valence-electron chi connectivity index (χ1n) is 9.54. The molecule has 1 aromatic carbocycles. The van der Waals surface area contributed by atoms with Crippen LogP contribution in [-0.4, -0.2) is 34.3 Å². The highest BCUT2D eigenvalue weighted by Gasteiger charge is 2.74. The van der Waals surface area contributed by atoms with Gasteiger partial charge in [0.05, 0.1) is 12.2 Å². The number of nitrogens with zero attached hydrogens (tertiary/aromatic N) is 3. The van der Waals surface area contributed by atoms with E-state index in [0.29, 0.717) is 5.56 Å². The smallest absolute Gasteiger partial charge is 0.274 e. The van der Waals surface area contributed by atoms with Crippen LogP contribution < -0.4 is 10.3 Å². The van der Waals surface area contributed by atoms with E-state index in [1.54, 1.807) is 12.1 Å². The summed E-state index contributed by atoms with van der Waals surface area (Å²) in [5, 5.41) is 0.855. The van der Waals surface area contributed by atoms with Gasteiger partial charge in [0.2, 0.25) is 5.91 Å². The Labute approximate surface area is 183 Å². The van der Waals surface area contributed by atoms with E-state index < -0.39 is 54.2 Å². The van der Waals surface area contributed by atoms with Crippen LogP contribution >= 0.6 is 0 Å². The van der Waals surface area contributed by atoms with E-state index in [9.17, 15) is 40.3 Å². The monoisotopic (exact) mass is 478 g/mol. The highest BCUT2D eigenvalue weighted by atomic mass is 19.4. The van der Waals surface area contributed by atoms with Crippen LogP contribution in [0.3, 0.4) is 0 Å². The van der Waals surface area contributed by atoms with Crippen molar-refractivity contribution in [3.63, 3.8) is 0 Å². The van der Waals surface area contributed by atoms with Crippen molar-refractivity contribution in [2.75, 3.05) is 4.90 Å². The molecule has 0 saturated heterocycles. The fourth-order valence-corrected chi connectivity index (χ4v) is 3.38. The summed E-state index contributed by atoms with van der Waals surface area (Å²) in [6.45, 7) is 0.762. The van der Waals surface area contributed by atoms with Crippen molar-refractivity contribution in [1.29, 1.82) is 0 Å². The van der Waals surface area contributed by atoms with Gasteiger partial charge in [-0.15, -0.1) is 0 Å². The van der Waals surface area contributed by atoms with Gasteiger partial charge < -0.3 is 0 Å². The Bertz CT molecular complexity index is 1030. The lowest BCUT2D eigenvalue weighted by Crippen LogP contribution is -2.57. The molecule has 0 unspecified atom stereocenters. The van der Waals surface area contributed by atoms with Crippen molar-refractivity contribution in [3.8, 4) is 0 Å². The number of aromatic nitrogens is 1. The highest BCUT2D eigenvalue weighted by molar-refractivity contribution is 6.16. The van der Waals surface area contributed by atoms with E-state index in [1.165, 1.54) is 19.3 Å². The predicted octanol–water partition coefficient (Wildman–Crippen LogP) is 4.75. The Morgan fingerprint density at radius 1 is 1.06 bits per heavy atom. The van der Waals surface area contributed by atoms with Gasteiger partial charge in [0.15, 0.2) is 0 Å². The first-order chi connectivity index (χ1) is 15.3. The zero-order valence-electron chi connectivity index (χ0n) is 17.0. The van der Waals surface area contributed by atoms with Crippen LogP contribution in [-0.2, 0) is 23.6 Å². The number of urea groups is 1. The van der Waals surface area contributed by atoms with Gasteiger partial charge in [0.25, 0.3) is 0 Å². The standard InChI is InChI=1S/C20H17F7N4O2/c1-2-15(32)31-16-13(11-30(17(31)33)29-10-12-5-4-8-28-9-12)6-3-7-14(16)18(21,19(22,23)24)20(25,26)27/h3-9,29H,2,10-11H2,1H3. The molecule has 0 fully saturated rings. The van der Waals surface area contributed by atoms with E-state index in [2.05, 4.69) is 10.4 Å². The average Bonchev–Trinajstić information content (AvgIpc) is 2.75. The van der Waals surface area contributed by atoms with E-state index in [4.69, 9.17) is 0 Å². The van der Waals surface area contributed by atoms with Crippen molar-refractivity contribution in [2.24, 2.45) is 0 Å². The normalized spacial score (nSPS) is 15.0. The van der Waals surface area contributed by atoms with Gasteiger partial charge in [0, 0.05) is 30.9 Å². The molecule has 1 aliphatic heterocycles. The zero-order valence-corrected chi connectivity index (χ0v) is 17.0. The number of hydrazine groups is 1. The van der Waals surface area contributed by atoms with Crippen LogP contribution in [0, 0.1) is 0 Å². The number of hydrogen-bond donors (Lipinski definition) is 1. The number of amides is 3. The number of imide groups is 1. The lowest BCUT2D eigenvalue weighted by Gasteiger charge is -2.40. The SMILES string of the molecule is CCC(=O)N1C(=O)N(NCc2cccnc2)Cc2cccc(C(F)(C(F)(F)F)C(F)(F)F)c21. The molecule has 0 atom stereocenters. The third-order valence-electron chi connectivity index (χ3n) is 4.99. The number of carbonyl (C=O) groups excluding carboxylic acids is 2. The van der Waals surface area contributed by atoms with Gasteiger partial charge in [0.1, 0.15) is 0 Å². The molecule has 1 aromatic heterocycles. The van der Waals surface area contributed by atoms with Crippen molar-refractivity contribution < 1.29 is 40.3 Å². The lowest BCUT2D eigenvalue weighted by atomic mass is 9.89. The first-order valence-corrected chi connectivity index (χ1v) is 9.54. The van der Waals surface area contributed by atoms with Crippen LogP contribution in [0.25, 0.3) is 0 Å². The maximum absolute atomic E-state index is 14.9. The summed E-state index contributed by atoms with van der Waals surface area (Å²) in [7, 11) is 0.